The van der Waals surface area contributed by atoms with E-state index in [0.717, 1.165) is 12.1 Å². The number of nitro groups is 2. The van der Waals surface area contributed by atoms with E-state index < -0.39 is 21.8 Å². The van der Waals surface area contributed by atoms with Crippen LogP contribution < -0.4 is 5.32 Å². The van der Waals surface area contributed by atoms with Gasteiger partial charge in [0, 0.05) is 6.07 Å². The number of hydrogen-bond donors (Lipinski definition) is 2. The molecule has 16 heavy (non-hydrogen) atoms. The molecule has 0 bridgehead atoms. The molecule has 0 spiro atoms. The highest BCUT2D eigenvalue weighted by Gasteiger charge is 2.19. The Kier molecular flexibility index (Phi) is 3.36. The van der Waals surface area contributed by atoms with E-state index in [0.29, 0.717) is 0 Å². The molecule has 1 aromatic carbocycles. The van der Waals surface area contributed by atoms with Crippen molar-refractivity contribution in [3.05, 3.63) is 38.4 Å². The summed E-state index contributed by atoms with van der Waals surface area (Å²) in [5.74, 6) is 0. The van der Waals surface area contributed by atoms with Gasteiger partial charge in [-0.05, 0) is 13.0 Å². The third kappa shape index (κ3) is 2.64. The Balaban J connectivity index is 3.19. The number of aliphatic hydroxyl groups is 1. The number of aliphatic hydroxyl groups excluding tert-OH is 1. The average molecular weight is 227 g/mol. The van der Waals surface area contributed by atoms with Crippen LogP contribution in [0.3, 0.4) is 0 Å². The maximum absolute atomic E-state index is 10.6. The van der Waals surface area contributed by atoms with Gasteiger partial charge in [0.15, 0.2) is 0 Å². The molecule has 8 nitrogen and oxygen atoms in total. The lowest BCUT2D eigenvalue weighted by Crippen LogP contribution is -2.14. The van der Waals surface area contributed by atoms with E-state index in [9.17, 15) is 20.2 Å². The minimum absolute atomic E-state index is 0.0330. The predicted molar refractivity (Wildman–Crippen MR) is 55.1 cm³/mol. The topological polar surface area (TPSA) is 119 Å². The number of nitrogens with zero attached hydrogens (tertiary/aromatic N) is 2. The van der Waals surface area contributed by atoms with E-state index in [1.54, 1.807) is 0 Å². The number of nitro benzene ring substituents is 2. The first kappa shape index (κ1) is 11.9. The first-order valence-electron chi connectivity index (χ1n) is 4.29. The molecule has 2 N–H and O–H groups in total. The van der Waals surface area contributed by atoms with Crippen LogP contribution in [0.4, 0.5) is 17.1 Å². The molecule has 0 radical (unpaired) electrons. The largest absolute Gasteiger partial charge is 0.374 e. The van der Waals surface area contributed by atoms with Gasteiger partial charge in [-0.25, -0.2) is 0 Å². The highest BCUT2D eigenvalue weighted by molar-refractivity contribution is 5.65. The molecule has 0 heterocycles. The molecule has 1 aromatic rings. The van der Waals surface area contributed by atoms with Gasteiger partial charge >= 0.3 is 0 Å². The molecular weight excluding hydrogens is 218 g/mol. The van der Waals surface area contributed by atoms with Crippen LogP contribution in [0.5, 0.6) is 0 Å². The highest BCUT2D eigenvalue weighted by atomic mass is 16.6. The van der Waals surface area contributed by atoms with Gasteiger partial charge in [-0.15, -0.1) is 0 Å². The van der Waals surface area contributed by atoms with Crippen molar-refractivity contribution in [3.63, 3.8) is 0 Å². The van der Waals surface area contributed by atoms with Crippen LogP contribution >= 0.6 is 0 Å². The van der Waals surface area contributed by atoms with E-state index in [-0.39, 0.29) is 11.4 Å². The Bertz CT molecular complexity index is 432. The number of nitrogens with one attached hydrogen (secondary N) is 1. The van der Waals surface area contributed by atoms with Gasteiger partial charge in [-0.1, -0.05) is 0 Å². The van der Waals surface area contributed by atoms with Crippen LogP contribution in [0.2, 0.25) is 0 Å². The minimum Gasteiger partial charge on any atom is -0.374 e. The second-order valence-corrected chi connectivity index (χ2v) is 3.04. The third-order valence-electron chi connectivity index (χ3n) is 1.75. The molecule has 0 aliphatic rings. The number of anilines is 1. The van der Waals surface area contributed by atoms with Crippen LogP contribution in [-0.4, -0.2) is 21.2 Å². The molecule has 86 valence electrons. The third-order valence-corrected chi connectivity index (χ3v) is 1.75. The second-order valence-electron chi connectivity index (χ2n) is 3.04. The van der Waals surface area contributed by atoms with E-state index in [4.69, 9.17) is 5.11 Å². The maximum atomic E-state index is 10.6. The Labute approximate surface area is 89.8 Å². The fourth-order valence-corrected chi connectivity index (χ4v) is 1.13. The summed E-state index contributed by atoms with van der Waals surface area (Å²) in [7, 11) is 0. The Hall–Kier alpha value is -2.22. The Morgan fingerprint density at radius 3 is 2.38 bits per heavy atom. The molecular formula is C8H9N3O5. The lowest BCUT2D eigenvalue weighted by molar-refractivity contribution is -0.393. The molecule has 1 atom stereocenters. The fourth-order valence-electron chi connectivity index (χ4n) is 1.13. The Morgan fingerprint density at radius 1 is 1.31 bits per heavy atom. The van der Waals surface area contributed by atoms with Gasteiger partial charge in [0.1, 0.15) is 11.9 Å². The van der Waals surface area contributed by atoms with E-state index in [1.807, 2.05) is 0 Å². The maximum Gasteiger partial charge on any atom is 0.299 e. The molecule has 1 unspecified atom stereocenters. The van der Waals surface area contributed by atoms with Crippen molar-refractivity contribution in [2.45, 2.75) is 13.2 Å². The Morgan fingerprint density at radius 2 is 1.94 bits per heavy atom. The van der Waals surface area contributed by atoms with Crippen LogP contribution in [0.1, 0.15) is 6.92 Å². The van der Waals surface area contributed by atoms with Gasteiger partial charge in [0.05, 0.1) is 15.9 Å². The molecule has 0 amide bonds. The first-order valence-corrected chi connectivity index (χ1v) is 4.29. The number of non-ortho nitro benzene ring substituents is 1. The molecule has 0 aromatic heterocycles. The number of rotatable bonds is 4. The lowest BCUT2D eigenvalue weighted by atomic mass is 10.2. The molecule has 8 heteroatoms. The summed E-state index contributed by atoms with van der Waals surface area (Å²) in [4.78, 5) is 19.6. The summed E-state index contributed by atoms with van der Waals surface area (Å²) in [6.07, 6.45) is -0.986. The summed E-state index contributed by atoms with van der Waals surface area (Å²) in [5.41, 5.74) is -0.788. The zero-order valence-corrected chi connectivity index (χ0v) is 8.28. The summed E-state index contributed by atoms with van der Waals surface area (Å²) in [6, 6.07) is 3.14. The number of hydrogen-bond acceptors (Lipinski definition) is 6. The molecule has 1 rings (SSSR count). The van der Waals surface area contributed by atoms with Crippen molar-refractivity contribution in [3.8, 4) is 0 Å². The summed E-state index contributed by atoms with van der Waals surface area (Å²) >= 11 is 0. The molecule has 0 saturated heterocycles. The minimum atomic E-state index is -0.986. The monoisotopic (exact) mass is 227 g/mol. The average Bonchev–Trinajstić information content (AvgIpc) is 2.16. The summed E-state index contributed by atoms with van der Waals surface area (Å²) in [6.45, 7) is 1.38. The van der Waals surface area contributed by atoms with Gasteiger partial charge in [0.2, 0.25) is 0 Å². The van der Waals surface area contributed by atoms with Gasteiger partial charge in [-0.3, -0.25) is 20.2 Å². The second kappa shape index (κ2) is 4.53. The summed E-state index contributed by atoms with van der Waals surface area (Å²) in [5, 5.41) is 32.5. The first-order chi connectivity index (χ1) is 7.41. The normalized spacial score (nSPS) is 11.9. The highest BCUT2D eigenvalue weighted by Crippen LogP contribution is 2.29. The lowest BCUT2D eigenvalue weighted by Gasteiger charge is -2.08. The SMILES string of the molecule is CC(O)Nc1ccc([N+](=O)[O-])cc1[N+](=O)[O-]. The molecule has 0 fully saturated rings. The molecule has 0 aliphatic carbocycles. The van der Waals surface area contributed by atoms with Crippen molar-refractivity contribution in [1.82, 2.24) is 0 Å². The van der Waals surface area contributed by atoms with Gasteiger partial charge in [0.25, 0.3) is 11.4 Å². The van der Waals surface area contributed by atoms with Crippen LogP contribution in [0.15, 0.2) is 18.2 Å². The predicted octanol–water partition coefficient (Wildman–Crippen LogP) is 1.25. The van der Waals surface area contributed by atoms with E-state index in [1.165, 1.54) is 13.0 Å². The van der Waals surface area contributed by atoms with Gasteiger partial charge in [-0.2, -0.15) is 0 Å². The van der Waals surface area contributed by atoms with Crippen LogP contribution in [0.25, 0.3) is 0 Å². The van der Waals surface area contributed by atoms with Gasteiger partial charge < -0.3 is 10.4 Å². The van der Waals surface area contributed by atoms with E-state index in [2.05, 4.69) is 5.32 Å². The zero-order valence-electron chi connectivity index (χ0n) is 8.28. The van der Waals surface area contributed by atoms with E-state index >= 15 is 0 Å². The van der Waals surface area contributed by atoms with Crippen LogP contribution in [-0.2, 0) is 0 Å². The van der Waals surface area contributed by atoms with Crippen LogP contribution in [0, 0.1) is 20.2 Å². The smallest absolute Gasteiger partial charge is 0.299 e. The van der Waals surface area contributed by atoms with Crippen molar-refractivity contribution in [2.24, 2.45) is 0 Å². The molecule has 0 saturated carbocycles. The quantitative estimate of drug-likeness (QED) is 0.454. The number of benzene rings is 1. The summed E-state index contributed by atoms with van der Waals surface area (Å²) < 4.78 is 0. The van der Waals surface area contributed by atoms with Crippen molar-refractivity contribution in [1.29, 1.82) is 0 Å². The van der Waals surface area contributed by atoms with Crippen molar-refractivity contribution in [2.75, 3.05) is 5.32 Å². The molecule has 0 aliphatic heterocycles. The fraction of sp³-hybridized carbons (Fsp3) is 0.250. The standard InChI is InChI=1S/C8H9N3O5/c1-5(12)9-7-3-2-6(10(13)14)4-8(7)11(15)16/h2-5,9,12H,1H3. The zero-order chi connectivity index (χ0) is 12.3. The van der Waals surface area contributed by atoms with Crippen molar-refractivity contribution >= 4 is 17.1 Å². The van der Waals surface area contributed by atoms with Crippen molar-refractivity contribution < 1.29 is 15.0 Å².